The highest BCUT2D eigenvalue weighted by atomic mass is 32.1. The van der Waals surface area contributed by atoms with Crippen LogP contribution in [0.1, 0.15) is 18.1 Å². The lowest BCUT2D eigenvalue weighted by Crippen LogP contribution is -2.34. The number of benzene rings is 1. The van der Waals surface area contributed by atoms with Crippen molar-refractivity contribution in [3.05, 3.63) is 59.9 Å². The van der Waals surface area contributed by atoms with Gasteiger partial charge in [-0.1, -0.05) is 6.07 Å². The second-order valence-electron chi connectivity index (χ2n) is 4.88. The molecule has 0 saturated heterocycles. The van der Waals surface area contributed by atoms with Gasteiger partial charge >= 0.3 is 6.18 Å². The van der Waals surface area contributed by atoms with Crippen LogP contribution in [-0.4, -0.2) is 21.5 Å². The van der Waals surface area contributed by atoms with Gasteiger partial charge in [-0.05, 0) is 55.0 Å². The topological polar surface area (TPSA) is 28.2 Å². The van der Waals surface area contributed by atoms with Gasteiger partial charge in [-0.2, -0.15) is 13.2 Å². The van der Waals surface area contributed by atoms with Crippen molar-refractivity contribution in [3.8, 4) is 0 Å². The molecule has 0 aliphatic rings. The first-order valence-corrected chi connectivity index (χ1v) is 7.43. The number of halogens is 3. The zero-order chi connectivity index (χ0) is 16.9. The molecule has 0 aliphatic heterocycles. The molecule has 1 N–H and O–H groups in total. The summed E-state index contributed by atoms with van der Waals surface area (Å²) in [6, 6.07) is 8.73. The molecular weight excluding hydrogens is 323 g/mol. The van der Waals surface area contributed by atoms with Crippen LogP contribution >= 0.6 is 12.2 Å². The lowest BCUT2D eigenvalue weighted by Gasteiger charge is -2.24. The Morgan fingerprint density at radius 2 is 1.91 bits per heavy atom. The number of anilines is 1. The summed E-state index contributed by atoms with van der Waals surface area (Å²) in [4.78, 5) is 5.82. The Hall–Kier alpha value is -2.15. The Kier molecular flexibility index (Phi) is 5.54. The molecule has 1 aromatic carbocycles. The van der Waals surface area contributed by atoms with Crippen LogP contribution in [-0.2, 0) is 12.7 Å². The number of aromatic nitrogens is 1. The van der Waals surface area contributed by atoms with Crippen molar-refractivity contribution in [1.82, 2.24) is 9.88 Å². The Balaban J connectivity index is 2.08. The molecule has 7 heteroatoms. The molecule has 2 aromatic rings. The molecule has 0 fully saturated rings. The van der Waals surface area contributed by atoms with Gasteiger partial charge in [0.15, 0.2) is 5.11 Å². The fourth-order valence-electron chi connectivity index (χ4n) is 2.01. The van der Waals surface area contributed by atoms with Gasteiger partial charge in [0, 0.05) is 31.2 Å². The Bertz CT molecular complexity index is 659. The molecule has 0 aliphatic carbocycles. The Morgan fingerprint density at radius 3 is 2.52 bits per heavy atom. The first-order chi connectivity index (χ1) is 10.9. The molecule has 23 heavy (non-hydrogen) atoms. The van der Waals surface area contributed by atoms with Crippen molar-refractivity contribution in [2.75, 3.05) is 11.9 Å². The highest BCUT2D eigenvalue weighted by Gasteiger charge is 2.30. The quantitative estimate of drug-likeness (QED) is 0.840. The van der Waals surface area contributed by atoms with Gasteiger partial charge in [0.05, 0.1) is 5.56 Å². The molecule has 0 radical (unpaired) electrons. The summed E-state index contributed by atoms with van der Waals surface area (Å²) in [5.74, 6) is 0. The maximum Gasteiger partial charge on any atom is 0.416 e. The van der Waals surface area contributed by atoms with Crippen molar-refractivity contribution in [2.24, 2.45) is 0 Å². The summed E-state index contributed by atoms with van der Waals surface area (Å²) in [7, 11) is 0. The first-order valence-electron chi connectivity index (χ1n) is 7.02. The van der Waals surface area contributed by atoms with Crippen LogP contribution in [0.5, 0.6) is 0 Å². The van der Waals surface area contributed by atoms with E-state index in [4.69, 9.17) is 12.2 Å². The molecule has 0 amide bonds. The molecule has 122 valence electrons. The van der Waals surface area contributed by atoms with Crippen LogP contribution < -0.4 is 5.32 Å². The average molecular weight is 339 g/mol. The number of thiocarbonyl (C=S) groups is 1. The van der Waals surface area contributed by atoms with E-state index in [9.17, 15) is 13.2 Å². The second kappa shape index (κ2) is 7.41. The summed E-state index contributed by atoms with van der Waals surface area (Å²) < 4.78 is 38.2. The van der Waals surface area contributed by atoms with Crippen LogP contribution in [0.25, 0.3) is 0 Å². The minimum atomic E-state index is -4.37. The first kappa shape index (κ1) is 17.2. The lowest BCUT2D eigenvalue weighted by atomic mass is 10.2. The minimum Gasteiger partial charge on any atom is -0.345 e. The Morgan fingerprint density at radius 1 is 1.22 bits per heavy atom. The van der Waals surface area contributed by atoms with Crippen LogP contribution in [0, 0.1) is 0 Å². The summed E-state index contributed by atoms with van der Waals surface area (Å²) in [5.41, 5.74) is 0.635. The number of pyridine rings is 1. The van der Waals surface area contributed by atoms with Crippen LogP contribution in [0.3, 0.4) is 0 Å². The van der Waals surface area contributed by atoms with Gasteiger partial charge < -0.3 is 10.2 Å². The van der Waals surface area contributed by atoms with Gasteiger partial charge in [-0.15, -0.1) is 0 Å². The van der Waals surface area contributed by atoms with E-state index in [1.54, 1.807) is 18.5 Å². The number of rotatable bonds is 4. The molecule has 0 bridgehead atoms. The van der Waals surface area contributed by atoms with Crippen LogP contribution in [0.4, 0.5) is 18.9 Å². The number of nitrogens with one attached hydrogen (secondary N) is 1. The minimum absolute atomic E-state index is 0.318. The average Bonchev–Trinajstić information content (AvgIpc) is 2.53. The van der Waals surface area contributed by atoms with Crippen LogP contribution in [0.15, 0.2) is 48.8 Å². The SMILES string of the molecule is CCN(Cc1ccncc1)C(=S)Nc1cccc(C(F)(F)F)c1. The molecule has 0 saturated carbocycles. The number of alkyl halides is 3. The summed E-state index contributed by atoms with van der Waals surface area (Å²) in [6.45, 7) is 3.12. The standard InChI is InChI=1S/C16H16F3N3S/c1-2-22(11-12-6-8-20-9-7-12)15(23)21-14-5-3-4-13(10-14)16(17,18)19/h3-10H,2,11H2,1H3,(H,21,23). The number of hydrogen-bond donors (Lipinski definition) is 1. The van der Waals surface area contributed by atoms with Gasteiger partial charge in [-0.3, -0.25) is 4.98 Å². The normalized spacial score (nSPS) is 11.1. The molecule has 0 atom stereocenters. The lowest BCUT2D eigenvalue weighted by molar-refractivity contribution is -0.137. The van der Waals surface area contributed by atoms with Gasteiger partial charge in [0.2, 0.25) is 0 Å². The van der Waals surface area contributed by atoms with E-state index in [0.717, 1.165) is 17.7 Å². The van der Waals surface area contributed by atoms with E-state index in [0.29, 0.717) is 23.9 Å². The molecule has 3 nitrogen and oxygen atoms in total. The largest absolute Gasteiger partial charge is 0.416 e. The summed E-state index contributed by atoms with van der Waals surface area (Å²) in [6.07, 6.45) is -1.00. The van der Waals surface area contributed by atoms with Crippen LogP contribution in [0.2, 0.25) is 0 Å². The molecular formula is C16H16F3N3S. The zero-order valence-electron chi connectivity index (χ0n) is 12.5. The fourth-order valence-corrected chi connectivity index (χ4v) is 2.32. The molecule has 0 spiro atoms. The predicted octanol–water partition coefficient (Wildman–Crippen LogP) is 4.32. The zero-order valence-corrected chi connectivity index (χ0v) is 13.3. The third-order valence-corrected chi connectivity index (χ3v) is 3.59. The maximum atomic E-state index is 12.7. The molecule has 2 rings (SSSR count). The van der Waals surface area contributed by atoms with Gasteiger partial charge in [-0.25, -0.2) is 0 Å². The highest BCUT2D eigenvalue weighted by molar-refractivity contribution is 7.80. The second-order valence-corrected chi connectivity index (χ2v) is 5.27. The third kappa shape index (κ3) is 4.92. The fraction of sp³-hybridized carbons (Fsp3) is 0.250. The number of nitrogens with zero attached hydrogens (tertiary/aromatic N) is 2. The molecule has 0 unspecified atom stereocenters. The molecule has 1 heterocycles. The smallest absolute Gasteiger partial charge is 0.345 e. The van der Waals surface area contributed by atoms with E-state index in [2.05, 4.69) is 10.3 Å². The van der Waals surface area contributed by atoms with E-state index in [1.165, 1.54) is 6.07 Å². The van der Waals surface area contributed by atoms with E-state index < -0.39 is 11.7 Å². The highest BCUT2D eigenvalue weighted by Crippen LogP contribution is 2.30. The van der Waals surface area contributed by atoms with Gasteiger partial charge in [0.1, 0.15) is 0 Å². The summed E-state index contributed by atoms with van der Waals surface area (Å²) in [5, 5.41) is 3.25. The number of hydrogen-bond acceptors (Lipinski definition) is 2. The monoisotopic (exact) mass is 339 g/mol. The third-order valence-electron chi connectivity index (χ3n) is 3.23. The predicted molar refractivity (Wildman–Crippen MR) is 88.0 cm³/mol. The van der Waals surface area contributed by atoms with E-state index in [-0.39, 0.29) is 0 Å². The van der Waals surface area contributed by atoms with E-state index >= 15 is 0 Å². The molecule has 1 aromatic heterocycles. The van der Waals surface area contributed by atoms with Crippen molar-refractivity contribution < 1.29 is 13.2 Å². The van der Waals surface area contributed by atoms with Crippen molar-refractivity contribution in [1.29, 1.82) is 0 Å². The van der Waals surface area contributed by atoms with Gasteiger partial charge in [0.25, 0.3) is 0 Å². The van der Waals surface area contributed by atoms with Crippen molar-refractivity contribution >= 4 is 23.0 Å². The van der Waals surface area contributed by atoms with Crippen molar-refractivity contribution in [3.63, 3.8) is 0 Å². The van der Waals surface area contributed by atoms with Crippen molar-refractivity contribution in [2.45, 2.75) is 19.6 Å². The maximum absolute atomic E-state index is 12.7. The Labute approximate surface area is 138 Å². The summed E-state index contributed by atoms with van der Waals surface area (Å²) >= 11 is 5.31. The van der Waals surface area contributed by atoms with E-state index in [1.807, 2.05) is 24.0 Å².